The number of rotatable bonds is 2. The molecule has 6 heteroatoms. The van der Waals surface area contributed by atoms with Crippen LogP contribution >= 0.6 is 0 Å². The third-order valence-electron chi connectivity index (χ3n) is 4.51. The molecule has 3 nitrogen and oxygen atoms in total. The van der Waals surface area contributed by atoms with Crippen LogP contribution in [0.1, 0.15) is 27.7 Å². The smallest absolute Gasteiger partial charge is 0.360 e. The van der Waals surface area contributed by atoms with Crippen LogP contribution < -0.4 is 10.2 Å². The number of nitrogens with zero attached hydrogens (tertiary/aromatic N) is 1. The normalized spacial score (nSPS) is 16.6. The second-order valence-electron chi connectivity index (χ2n) is 6.22. The molecule has 3 aromatic carbocycles. The summed E-state index contributed by atoms with van der Waals surface area (Å²) in [6.45, 7) is 0. The van der Waals surface area contributed by atoms with Gasteiger partial charge in [-0.3, -0.25) is 9.69 Å². The van der Waals surface area contributed by atoms with Crippen LogP contribution in [0.2, 0.25) is 0 Å². The molecule has 1 aliphatic rings. The zero-order valence-corrected chi connectivity index (χ0v) is 14.1. The van der Waals surface area contributed by atoms with E-state index >= 15 is 0 Å². The lowest BCUT2D eigenvalue weighted by Gasteiger charge is -2.38. The van der Waals surface area contributed by atoms with Gasteiger partial charge < -0.3 is 5.32 Å². The number of carbonyl (C=O) groups is 1. The molecule has 1 N–H and O–H groups in total. The summed E-state index contributed by atoms with van der Waals surface area (Å²) in [6, 6.07) is 21.0. The zero-order chi connectivity index (χ0) is 19.0. The number of fused-ring (bicyclic) bond motifs is 1. The number of hydrogen-bond donors (Lipinski definition) is 1. The Morgan fingerprint density at radius 2 is 1.44 bits per heavy atom. The van der Waals surface area contributed by atoms with Gasteiger partial charge in [0.1, 0.15) is 6.17 Å². The largest absolute Gasteiger partial charge is 0.416 e. The minimum atomic E-state index is -4.40. The first-order valence-electron chi connectivity index (χ1n) is 8.36. The molecule has 1 amide bonds. The highest BCUT2D eigenvalue weighted by atomic mass is 19.4. The number of hydrogen-bond acceptors (Lipinski definition) is 2. The summed E-state index contributed by atoms with van der Waals surface area (Å²) in [6.07, 6.45) is -5.02. The van der Waals surface area contributed by atoms with Crippen molar-refractivity contribution >= 4 is 17.3 Å². The Labute approximate surface area is 154 Å². The zero-order valence-electron chi connectivity index (χ0n) is 14.1. The quantitative estimate of drug-likeness (QED) is 0.650. The standard InChI is InChI=1S/C21H15F3N2O/c22-21(23,24)15-12-10-14(11-13-15)19-25-18-9-5-4-8-17(18)20(27)26(19)16-6-2-1-3-7-16/h1-13,19,25H. The highest BCUT2D eigenvalue weighted by Gasteiger charge is 2.35. The van der Waals surface area contributed by atoms with E-state index in [0.717, 1.165) is 12.1 Å². The highest BCUT2D eigenvalue weighted by Crippen LogP contribution is 2.37. The fourth-order valence-corrected chi connectivity index (χ4v) is 3.20. The first kappa shape index (κ1) is 17.1. The molecular formula is C21H15F3N2O. The maximum atomic E-state index is 13.1. The molecular weight excluding hydrogens is 353 g/mol. The molecule has 0 bridgehead atoms. The van der Waals surface area contributed by atoms with Crippen LogP contribution in [-0.4, -0.2) is 5.91 Å². The third kappa shape index (κ3) is 3.14. The molecule has 27 heavy (non-hydrogen) atoms. The van der Waals surface area contributed by atoms with Gasteiger partial charge in [-0.1, -0.05) is 42.5 Å². The number of halogens is 3. The number of nitrogens with one attached hydrogen (secondary N) is 1. The molecule has 1 heterocycles. The second kappa shape index (κ2) is 6.46. The van der Waals surface area contributed by atoms with Gasteiger partial charge in [-0.15, -0.1) is 0 Å². The first-order valence-corrected chi connectivity index (χ1v) is 8.36. The maximum absolute atomic E-state index is 13.1. The van der Waals surface area contributed by atoms with Crippen molar-refractivity contribution in [2.45, 2.75) is 12.3 Å². The number of anilines is 2. The fourth-order valence-electron chi connectivity index (χ4n) is 3.20. The average molecular weight is 368 g/mol. The number of para-hydroxylation sites is 2. The molecule has 0 radical (unpaired) electrons. The molecule has 1 aliphatic heterocycles. The van der Waals surface area contributed by atoms with E-state index in [9.17, 15) is 18.0 Å². The van der Waals surface area contributed by atoms with Crippen molar-refractivity contribution in [3.05, 3.63) is 95.6 Å². The Bertz CT molecular complexity index is 969. The van der Waals surface area contributed by atoms with Crippen LogP contribution in [0.15, 0.2) is 78.9 Å². The molecule has 0 aromatic heterocycles. The Morgan fingerprint density at radius 3 is 2.11 bits per heavy atom. The van der Waals surface area contributed by atoms with Crippen molar-refractivity contribution in [1.29, 1.82) is 0 Å². The Morgan fingerprint density at radius 1 is 0.815 bits per heavy atom. The molecule has 4 rings (SSSR count). The predicted molar refractivity (Wildman–Crippen MR) is 97.5 cm³/mol. The molecule has 136 valence electrons. The van der Waals surface area contributed by atoms with Gasteiger partial charge in [0.25, 0.3) is 5.91 Å². The van der Waals surface area contributed by atoms with Gasteiger partial charge >= 0.3 is 6.18 Å². The lowest BCUT2D eigenvalue weighted by Crippen LogP contribution is -2.43. The highest BCUT2D eigenvalue weighted by molar-refractivity contribution is 6.12. The average Bonchev–Trinajstić information content (AvgIpc) is 2.68. The van der Waals surface area contributed by atoms with E-state index < -0.39 is 17.9 Å². The summed E-state index contributed by atoms with van der Waals surface area (Å²) < 4.78 is 38.6. The van der Waals surface area contributed by atoms with E-state index in [1.807, 2.05) is 18.2 Å². The van der Waals surface area contributed by atoms with Crippen LogP contribution in [0.5, 0.6) is 0 Å². The third-order valence-corrected chi connectivity index (χ3v) is 4.51. The van der Waals surface area contributed by atoms with Crippen molar-refractivity contribution < 1.29 is 18.0 Å². The van der Waals surface area contributed by atoms with E-state index in [0.29, 0.717) is 22.5 Å². The lowest BCUT2D eigenvalue weighted by atomic mass is 10.0. The van der Waals surface area contributed by atoms with E-state index in [1.54, 1.807) is 41.3 Å². The molecule has 3 aromatic rings. The second-order valence-corrected chi connectivity index (χ2v) is 6.22. The molecule has 1 unspecified atom stereocenters. The number of benzene rings is 3. The first-order chi connectivity index (χ1) is 12.9. The van der Waals surface area contributed by atoms with Gasteiger partial charge in [-0.2, -0.15) is 13.2 Å². The van der Waals surface area contributed by atoms with Gasteiger partial charge in [-0.25, -0.2) is 0 Å². The van der Waals surface area contributed by atoms with Crippen LogP contribution in [-0.2, 0) is 6.18 Å². The molecule has 0 saturated heterocycles. The topological polar surface area (TPSA) is 32.3 Å². The van der Waals surface area contributed by atoms with Crippen LogP contribution in [0, 0.1) is 0 Å². The van der Waals surface area contributed by atoms with E-state index in [-0.39, 0.29) is 5.91 Å². The molecule has 0 fully saturated rings. The van der Waals surface area contributed by atoms with Gasteiger partial charge in [-0.05, 0) is 42.0 Å². The van der Waals surface area contributed by atoms with Crippen molar-refractivity contribution in [3.8, 4) is 0 Å². The summed E-state index contributed by atoms with van der Waals surface area (Å²) in [5.41, 5.74) is 1.67. The van der Waals surface area contributed by atoms with Crippen LogP contribution in [0.4, 0.5) is 24.5 Å². The summed E-state index contributed by atoms with van der Waals surface area (Å²) in [7, 11) is 0. The van der Waals surface area contributed by atoms with E-state index in [4.69, 9.17) is 0 Å². The summed E-state index contributed by atoms with van der Waals surface area (Å²) in [5, 5.41) is 3.27. The van der Waals surface area contributed by atoms with Gasteiger partial charge in [0, 0.05) is 11.4 Å². The van der Waals surface area contributed by atoms with Crippen LogP contribution in [0.25, 0.3) is 0 Å². The van der Waals surface area contributed by atoms with Crippen molar-refractivity contribution in [2.24, 2.45) is 0 Å². The van der Waals surface area contributed by atoms with E-state index in [1.165, 1.54) is 12.1 Å². The SMILES string of the molecule is O=C1c2ccccc2NC(c2ccc(C(F)(F)F)cc2)N1c1ccccc1. The lowest BCUT2D eigenvalue weighted by molar-refractivity contribution is -0.137. The fraction of sp³-hybridized carbons (Fsp3) is 0.0952. The number of carbonyl (C=O) groups excluding carboxylic acids is 1. The predicted octanol–water partition coefficient (Wildman–Crippen LogP) is 5.48. The monoisotopic (exact) mass is 368 g/mol. The van der Waals surface area contributed by atoms with Crippen molar-refractivity contribution in [3.63, 3.8) is 0 Å². The molecule has 0 spiro atoms. The maximum Gasteiger partial charge on any atom is 0.416 e. The summed E-state index contributed by atoms with van der Waals surface area (Å²) in [4.78, 5) is 14.7. The van der Waals surface area contributed by atoms with Crippen molar-refractivity contribution in [2.75, 3.05) is 10.2 Å². The summed E-state index contributed by atoms with van der Waals surface area (Å²) >= 11 is 0. The van der Waals surface area contributed by atoms with Gasteiger partial charge in [0.15, 0.2) is 0 Å². The van der Waals surface area contributed by atoms with E-state index in [2.05, 4.69) is 5.32 Å². The van der Waals surface area contributed by atoms with Crippen LogP contribution in [0.3, 0.4) is 0 Å². The minimum Gasteiger partial charge on any atom is -0.360 e. The van der Waals surface area contributed by atoms with Gasteiger partial charge in [0.05, 0.1) is 11.1 Å². The molecule has 0 saturated carbocycles. The number of amides is 1. The summed E-state index contributed by atoms with van der Waals surface area (Å²) in [5.74, 6) is -0.208. The Kier molecular flexibility index (Phi) is 4.11. The Hall–Kier alpha value is -3.28. The number of alkyl halides is 3. The van der Waals surface area contributed by atoms with Crippen molar-refractivity contribution in [1.82, 2.24) is 0 Å². The Balaban J connectivity index is 1.80. The molecule has 1 atom stereocenters. The minimum absolute atomic E-state index is 0.208. The molecule has 0 aliphatic carbocycles. The van der Waals surface area contributed by atoms with Gasteiger partial charge in [0.2, 0.25) is 0 Å².